The predicted octanol–water partition coefficient (Wildman–Crippen LogP) is 5.18. The van der Waals surface area contributed by atoms with Gasteiger partial charge in [0.25, 0.3) is 0 Å². The average molecular weight is 375 g/mol. The zero-order valence-electron chi connectivity index (χ0n) is 20.7. The van der Waals surface area contributed by atoms with Crippen LogP contribution in [0.15, 0.2) is 28.7 Å². The number of rotatable bonds is 2. The Hall–Kier alpha value is -1.49. The van der Waals surface area contributed by atoms with Crippen molar-refractivity contribution in [1.82, 2.24) is 4.90 Å². The summed E-state index contributed by atoms with van der Waals surface area (Å²) in [5.74, 6) is 0.155. The molecule has 4 nitrogen and oxygen atoms in total. The molecule has 0 spiro atoms. The molecule has 2 aromatic rings. The maximum Gasteiger partial charge on any atom is 0.411 e. The molecule has 1 fully saturated rings. The van der Waals surface area contributed by atoms with Crippen molar-refractivity contribution in [2.45, 2.75) is 43.9 Å². The molecular weight excluding hydrogens is 346 g/mol. The van der Waals surface area contributed by atoms with Gasteiger partial charge in [-0.2, -0.15) is 0 Å². The number of carbonyl (C=O) groups excluding carboxylic acids is 1. The van der Waals surface area contributed by atoms with Gasteiger partial charge in [0.05, 0.1) is 6.54 Å². The zero-order chi connectivity index (χ0) is 23.6. The van der Waals surface area contributed by atoms with E-state index in [-0.39, 0.29) is 10.6 Å². The molecule has 1 aromatic carbocycles. The first-order valence-electron chi connectivity index (χ1n) is 11.2. The molecule has 22 heavy (non-hydrogen) atoms. The number of alkyl halides is 1. The monoisotopic (exact) mass is 374 g/mol. The number of furan rings is 1. The topological polar surface area (TPSA) is 42.7 Å². The summed E-state index contributed by atoms with van der Waals surface area (Å²) in [7, 11) is 0. The summed E-state index contributed by atoms with van der Waals surface area (Å²) < 4.78 is 81.0. The number of ether oxygens (including phenoxy) is 1. The maximum absolute atomic E-state index is 12.6. The fraction of sp³-hybridized carbons (Fsp3) is 0.471. The molecule has 1 aliphatic heterocycles. The Morgan fingerprint density at radius 3 is 2.91 bits per heavy atom. The van der Waals surface area contributed by atoms with E-state index in [1.165, 1.54) is 0 Å². The molecule has 1 amide bonds. The van der Waals surface area contributed by atoms with Crippen LogP contribution in [0, 0.1) is 0 Å². The number of hydrogen-bond donors (Lipinski definition) is 0. The molecule has 2 heterocycles. The van der Waals surface area contributed by atoms with Crippen molar-refractivity contribution in [1.29, 1.82) is 0 Å². The third-order valence-corrected chi connectivity index (χ3v) is 4.05. The SMILES string of the molecule is [2H]C([2H])([2H])C(N1CC(c2cc3cccc(C(C)Br)c3o2)OC1=O)(C([2H])([2H])[2H])C([2H])([2H])[2H]. The van der Waals surface area contributed by atoms with Crippen LogP contribution >= 0.6 is 15.9 Å². The normalized spacial score (nSPS) is 28.3. The number of para-hydroxylation sites is 1. The van der Waals surface area contributed by atoms with Gasteiger partial charge in [0, 0.05) is 33.7 Å². The lowest BCUT2D eigenvalue weighted by Gasteiger charge is -2.28. The summed E-state index contributed by atoms with van der Waals surface area (Å²) in [6, 6.07) is 7.01. The Bertz CT molecular complexity index is 957. The van der Waals surface area contributed by atoms with Gasteiger partial charge in [0.2, 0.25) is 0 Å². The molecule has 0 aliphatic carbocycles. The van der Waals surface area contributed by atoms with E-state index >= 15 is 0 Å². The van der Waals surface area contributed by atoms with E-state index < -0.39 is 44.8 Å². The number of carbonyl (C=O) groups is 1. The molecule has 1 aliphatic rings. The zero-order valence-corrected chi connectivity index (χ0v) is 13.3. The third-order valence-electron chi connectivity index (χ3n) is 3.56. The highest BCUT2D eigenvalue weighted by Crippen LogP contribution is 2.37. The second kappa shape index (κ2) is 5.30. The van der Waals surface area contributed by atoms with E-state index in [4.69, 9.17) is 21.5 Å². The molecule has 1 saturated heterocycles. The minimum atomic E-state index is -3.55. The fourth-order valence-corrected chi connectivity index (χ4v) is 2.82. The van der Waals surface area contributed by atoms with Crippen LogP contribution < -0.4 is 0 Å². The van der Waals surface area contributed by atoms with Gasteiger partial charge in [-0.05, 0) is 33.5 Å². The van der Waals surface area contributed by atoms with Crippen molar-refractivity contribution in [2.24, 2.45) is 0 Å². The Morgan fingerprint density at radius 1 is 1.45 bits per heavy atom. The van der Waals surface area contributed by atoms with Crippen LogP contribution in [0.1, 0.15) is 62.1 Å². The molecule has 0 radical (unpaired) electrons. The molecule has 0 bridgehead atoms. The molecule has 2 unspecified atom stereocenters. The number of amides is 1. The molecule has 5 heteroatoms. The largest absolute Gasteiger partial charge is 0.457 e. The summed E-state index contributed by atoms with van der Waals surface area (Å²) >= 11 is 3.47. The molecule has 0 saturated carbocycles. The van der Waals surface area contributed by atoms with E-state index in [9.17, 15) is 4.79 Å². The van der Waals surface area contributed by atoms with Crippen molar-refractivity contribution in [2.75, 3.05) is 6.54 Å². The Labute approximate surface area is 151 Å². The third kappa shape index (κ3) is 2.62. The van der Waals surface area contributed by atoms with Crippen molar-refractivity contribution in [3.8, 4) is 0 Å². The van der Waals surface area contributed by atoms with E-state index in [0.29, 0.717) is 15.9 Å². The summed E-state index contributed by atoms with van der Waals surface area (Å²) in [6.07, 6.45) is -2.52. The van der Waals surface area contributed by atoms with E-state index in [1.807, 2.05) is 19.1 Å². The number of nitrogens with zero attached hydrogens (tertiary/aromatic N) is 1. The van der Waals surface area contributed by atoms with Crippen molar-refractivity contribution in [3.63, 3.8) is 0 Å². The molecule has 1 aromatic heterocycles. The summed E-state index contributed by atoms with van der Waals surface area (Å²) in [4.78, 5) is 12.9. The number of hydrogen-bond acceptors (Lipinski definition) is 3. The highest BCUT2D eigenvalue weighted by molar-refractivity contribution is 9.09. The number of fused-ring (bicyclic) bond motifs is 1. The first-order valence-corrected chi connectivity index (χ1v) is 7.58. The lowest BCUT2D eigenvalue weighted by atomic mass is 10.1. The number of benzene rings is 1. The van der Waals surface area contributed by atoms with Crippen molar-refractivity contribution >= 4 is 33.0 Å². The quantitative estimate of drug-likeness (QED) is 0.680. The summed E-state index contributed by atoms with van der Waals surface area (Å²) in [6.45, 7) is -9.36. The lowest BCUT2D eigenvalue weighted by molar-refractivity contribution is 0.114. The first-order chi connectivity index (χ1) is 14.0. The van der Waals surface area contributed by atoms with Gasteiger partial charge in [-0.3, -0.25) is 4.90 Å². The van der Waals surface area contributed by atoms with Crippen LogP contribution in [-0.2, 0) is 4.74 Å². The smallest absolute Gasteiger partial charge is 0.411 e. The minimum absolute atomic E-state index is 0.0489. The van der Waals surface area contributed by atoms with E-state index in [1.54, 1.807) is 12.1 Å². The summed E-state index contributed by atoms with van der Waals surface area (Å²) in [5, 5.41) is 0.696. The predicted molar refractivity (Wildman–Crippen MR) is 89.2 cm³/mol. The van der Waals surface area contributed by atoms with Gasteiger partial charge in [0.15, 0.2) is 6.10 Å². The van der Waals surface area contributed by atoms with Gasteiger partial charge >= 0.3 is 6.09 Å². The Morgan fingerprint density at radius 2 is 2.23 bits per heavy atom. The second-order valence-corrected chi connectivity index (χ2v) is 6.60. The van der Waals surface area contributed by atoms with Gasteiger partial charge in [-0.1, -0.05) is 34.1 Å². The molecule has 3 rings (SSSR count). The Kier molecular flexibility index (Phi) is 1.89. The number of cyclic esters (lactones) is 1. The standard InChI is InChI=1S/C17H20BrNO3/c1-10(18)12-7-5-6-11-8-13(21-15(11)12)14-9-19(16(20)22-14)17(2,3)4/h5-8,10,14H,9H2,1-4H3/i2D3,3D3,4D3. The van der Waals surface area contributed by atoms with E-state index in [0.717, 1.165) is 5.56 Å². The molecule has 0 N–H and O–H groups in total. The maximum atomic E-state index is 12.6. The second-order valence-electron chi connectivity index (χ2n) is 5.22. The van der Waals surface area contributed by atoms with E-state index in [2.05, 4.69) is 15.9 Å². The molecular formula is C17H20BrNO3. The van der Waals surface area contributed by atoms with Crippen LogP contribution in [0.2, 0.25) is 0 Å². The van der Waals surface area contributed by atoms with Crippen LogP contribution in [0.4, 0.5) is 4.79 Å². The average Bonchev–Trinajstić information content (AvgIpc) is 3.15. The highest BCUT2D eigenvalue weighted by atomic mass is 79.9. The Balaban J connectivity index is 2.09. The van der Waals surface area contributed by atoms with Gasteiger partial charge < -0.3 is 9.15 Å². The van der Waals surface area contributed by atoms with Gasteiger partial charge in [-0.15, -0.1) is 0 Å². The molecule has 2 atom stereocenters. The highest BCUT2D eigenvalue weighted by Gasteiger charge is 2.40. The minimum Gasteiger partial charge on any atom is -0.457 e. The van der Waals surface area contributed by atoms with Crippen molar-refractivity contribution in [3.05, 3.63) is 35.6 Å². The van der Waals surface area contributed by atoms with Crippen LogP contribution in [0.3, 0.4) is 0 Å². The summed E-state index contributed by atoms with van der Waals surface area (Å²) in [5.41, 5.74) is -2.10. The van der Waals surface area contributed by atoms with Crippen LogP contribution in [-0.4, -0.2) is 23.1 Å². The number of halogens is 1. The van der Waals surface area contributed by atoms with Crippen LogP contribution in [0.5, 0.6) is 0 Å². The fourth-order valence-electron chi connectivity index (χ4n) is 2.46. The van der Waals surface area contributed by atoms with Crippen molar-refractivity contribution < 1.29 is 26.3 Å². The van der Waals surface area contributed by atoms with Gasteiger partial charge in [-0.25, -0.2) is 4.79 Å². The molecule has 118 valence electrons. The van der Waals surface area contributed by atoms with Gasteiger partial charge in [0.1, 0.15) is 11.3 Å². The van der Waals surface area contributed by atoms with Crippen LogP contribution in [0.25, 0.3) is 11.0 Å². The lowest BCUT2D eigenvalue weighted by Crippen LogP contribution is -2.41. The first kappa shape index (κ1) is 7.86.